The molecule has 2 atom stereocenters. The molecule has 5 rings (SSSR count). The molecule has 1 aromatic heterocycles. The van der Waals surface area contributed by atoms with E-state index in [1.165, 1.54) is 6.07 Å². The summed E-state index contributed by atoms with van der Waals surface area (Å²) in [5.41, 5.74) is 1.40. The molecule has 0 spiro atoms. The van der Waals surface area contributed by atoms with Gasteiger partial charge < -0.3 is 10.6 Å². The number of aryl methyl sites for hydroxylation is 2. The Balaban J connectivity index is 1.32. The summed E-state index contributed by atoms with van der Waals surface area (Å²) in [5.74, 6) is -1.98. The zero-order valence-electron chi connectivity index (χ0n) is 16.4. The predicted octanol–water partition coefficient (Wildman–Crippen LogP) is 2.78. The van der Waals surface area contributed by atoms with E-state index in [1.54, 1.807) is 4.68 Å². The monoisotopic (exact) mass is 423 g/mol. The van der Waals surface area contributed by atoms with Crippen molar-refractivity contribution in [1.29, 1.82) is 0 Å². The van der Waals surface area contributed by atoms with E-state index < -0.39 is 29.5 Å². The number of nitrogens with one attached hydrogen (secondary N) is 2. The fraction of sp³-hybridized carbons (Fsp3) is 0.273. The minimum absolute atomic E-state index is 0.0117. The van der Waals surface area contributed by atoms with E-state index in [4.69, 9.17) is 0 Å². The first-order chi connectivity index (χ1) is 15.0. The molecule has 158 valence electrons. The van der Waals surface area contributed by atoms with Gasteiger partial charge in [0, 0.05) is 12.5 Å². The lowest BCUT2D eigenvalue weighted by Crippen LogP contribution is -2.43. The standard InChI is InChI=1S/C22H19F2N5O2/c23-14-10-13-6-7-16(21(30)27-19(13)15(24)11-14)25-22(31)20-26-18-9-8-17(29(18)28-20)12-4-2-1-3-5-12/h1-5,10-11,16-17H,6-9H2,(H,25,31)(H,27,30)/t16-,17?/m0/s1. The summed E-state index contributed by atoms with van der Waals surface area (Å²) >= 11 is 0. The van der Waals surface area contributed by atoms with Crippen LogP contribution in [0.3, 0.4) is 0 Å². The number of carbonyl (C=O) groups is 2. The van der Waals surface area contributed by atoms with Gasteiger partial charge in [0.05, 0.1) is 11.7 Å². The maximum absolute atomic E-state index is 14.0. The molecule has 0 saturated carbocycles. The average molecular weight is 423 g/mol. The van der Waals surface area contributed by atoms with Crippen molar-refractivity contribution in [3.63, 3.8) is 0 Å². The van der Waals surface area contributed by atoms with Gasteiger partial charge in [-0.05, 0) is 36.5 Å². The van der Waals surface area contributed by atoms with Crippen LogP contribution in [0.15, 0.2) is 42.5 Å². The number of amides is 2. The second-order valence-corrected chi connectivity index (χ2v) is 7.74. The van der Waals surface area contributed by atoms with Crippen molar-refractivity contribution >= 4 is 17.5 Å². The van der Waals surface area contributed by atoms with Crippen molar-refractivity contribution < 1.29 is 18.4 Å². The summed E-state index contributed by atoms with van der Waals surface area (Å²) in [6.07, 6.45) is 1.99. The number of carbonyl (C=O) groups excluding carboxylic acids is 2. The highest BCUT2D eigenvalue weighted by atomic mass is 19.1. The van der Waals surface area contributed by atoms with Crippen molar-refractivity contribution in [1.82, 2.24) is 20.1 Å². The van der Waals surface area contributed by atoms with Gasteiger partial charge in [-0.15, -0.1) is 5.10 Å². The molecule has 31 heavy (non-hydrogen) atoms. The molecule has 0 bridgehead atoms. The number of halogens is 2. The number of nitrogens with zero attached hydrogens (tertiary/aromatic N) is 3. The van der Waals surface area contributed by atoms with Gasteiger partial charge in [0.2, 0.25) is 11.7 Å². The van der Waals surface area contributed by atoms with Crippen molar-refractivity contribution in [2.45, 2.75) is 37.8 Å². The van der Waals surface area contributed by atoms with Crippen molar-refractivity contribution in [2.24, 2.45) is 0 Å². The van der Waals surface area contributed by atoms with E-state index in [0.717, 1.165) is 18.1 Å². The summed E-state index contributed by atoms with van der Waals surface area (Å²) in [7, 11) is 0. The number of benzene rings is 2. The molecular formula is C22H19F2N5O2. The molecule has 0 radical (unpaired) electrons. The summed E-state index contributed by atoms with van der Waals surface area (Å²) in [5, 5.41) is 9.46. The fourth-order valence-electron chi connectivity index (χ4n) is 4.21. The molecule has 0 fully saturated rings. The summed E-state index contributed by atoms with van der Waals surface area (Å²) in [6.45, 7) is 0. The van der Waals surface area contributed by atoms with Crippen LogP contribution >= 0.6 is 0 Å². The maximum Gasteiger partial charge on any atom is 0.291 e. The SMILES string of the molecule is O=C(N[C@H]1CCc2cc(F)cc(F)c2NC1=O)c1nc2n(n1)C(c1ccccc1)CC2. The Labute approximate surface area is 176 Å². The lowest BCUT2D eigenvalue weighted by atomic mass is 10.1. The second-order valence-electron chi connectivity index (χ2n) is 7.74. The first-order valence-electron chi connectivity index (χ1n) is 10.1. The summed E-state index contributed by atoms with van der Waals surface area (Å²) in [4.78, 5) is 29.6. The maximum atomic E-state index is 14.0. The topological polar surface area (TPSA) is 88.9 Å². The third-order valence-corrected chi connectivity index (χ3v) is 5.73. The third kappa shape index (κ3) is 3.56. The number of hydrogen-bond acceptors (Lipinski definition) is 4. The summed E-state index contributed by atoms with van der Waals surface area (Å²) < 4.78 is 29.3. The zero-order valence-corrected chi connectivity index (χ0v) is 16.4. The van der Waals surface area contributed by atoms with Crippen molar-refractivity contribution in [3.8, 4) is 0 Å². The molecule has 2 aromatic carbocycles. The number of rotatable bonds is 3. The van der Waals surface area contributed by atoms with E-state index >= 15 is 0 Å². The highest BCUT2D eigenvalue weighted by Crippen LogP contribution is 2.30. The average Bonchev–Trinajstić information content (AvgIpc) is 3.30. The minimum atomic E-state index is -0.911. The van der Waals surface area contributed by atoms with Crippen LogP contribution in [0.5, 0.6) is 0 Å². The molecule has 9 heteroatoms. The first-order valence-corrected chi connectivity index (χ1v) is 10.1. The van der Waals surface area contributed by atoms with E-state index in [2.05, 4.69) is 20.7 Å². The second kappa shape index (κ2) is 7.57. The molecule has 7 nitrogen and oxygen atoms in total. The van der Waals surface area contributed by atoms with Crippen LogP contribution in [-0.2, 0) is 17.6 Å². The van der Waals surface area contributed by atoms with Gasteiger partial charge in [-0.25, -0.2) is 18.4 Å². The van der Waals surface area contributed by atoms with Crippen LogP contribution in [0.25, 0.3) is 0 Å². The predicted molar refractivity (Wildman–Crippen MR) is 107 cm³/mol. The van der Waals surface area contributed by atoms with Gasteiger partial charge in [-0.2, -0.15) is 0 Å². The molecule has 3 heterocycles. The van der Waals surface area contributed by atoms with Gasteiger partial charge in [0.25, 0.3) is 5.91 Å². The van der Waals surface area contributed by atoms with Gasteiger partial charge in [0.1, 0.15) is 23.5 Å². The van der Waals surface area contributed by atoms with Crippen LogP contribution in [0.2, 0.25) is 0 Å². The molecule has 2 N–H and O–H groups in total. The molecule has 2 aliphatic rings. The Bertz CT molecular complexity index is 1180. The quantitative estimate of drug-likeness (QED) is 0.678. The first kappa shape index (κ1) is 19.3. The lowest BCUT2D eigenvalue weighted by molar-refractivity contribution is -0.118. The minimum Gasteiger partial charge on any atom is -0.337 e. The summed E-state index contributed by atoms with van der Waals surface area (Å²) in [6, 6.07) is 10.9. The largest absolute Gasteiger partial charge is 0.337 e. The fourth-order valence-corrected chi connectivity index (χ4v) is 4.21. The highest BCUT2D eigenvalue weighted by Gasteiger charge is 2.31. The van der Waals surface area contributed by atoms with Crippen LogP contribution in [0.1, 0.15) is 46.5 Å². The van der Waals surface area contributed by atoms with Crippen LogP contribution in [0, 0.1) is 11.6 Å². The number of fused-ring (bicyclic) bond motifs is 2. The Morgan fingerprint density at radius 1 is 1.13 bits per heavy atom. The van der Waals surface area contributed by atoms with Crippen molar-refractivity contribution in [2.75, 3.05) is 5.32 Å². The molecule has 2 aliphatic heterocycles. The highest BCUT2D eigenvalue weighted by molar-refractivity contribution is 6.00. The number of aromatic nitrogens is 3. The Kier molecular flexibility index (Phi) is 4.72. The van der Waals surface area contributed by atoms with Gasteiger partial charge in [0.15, 0.2) is 0 Å². The molecule has 3 aromatic rings. The van der Waals surface area contributed by atoms with E-state index in [0.29, 0.717) is 17.8 Å². The van der Waals surface area contributed by atoms with Crippen molar-refractivity contribution in [3.05, 3.63) is 76.9 Å². The zero-order chi connectivity index (χ0) is 21.5. The number of anilines is 1. The molecule has 2 amide bonds. The van der Waals surface area contributed by atoms with E-state index in [1.807, 2.05) is 30.3 Å². The molecular weight excluding hydrogens is 404 g/mol. The molecule has 1 unspecified atom stereocenters. The third-order valence-electron chi connectivity index (χ3n) is 5.73. The molecule has 0 aliphatic carbocycles. The Hall–Kier alpha value is -3.62. The van der Waals surface area contributed by atoms with Gasteiger partial charge >= 0.3 is 0 Å². The van der Waals surface area contributed by atoms with Gasteiger partial charge in [-0.1, -0.05) is 30.3 Å². The van der Waals surface area contributed by atoms with Crippen LogP contribution < -0.4 is 10.6 Å². The molecule has 0 saturated heterocycles. The smallest absolute Gasteiger partial charge is 0.291 e. The lowest BCUT2D eigenvalue weighted by Gasteiger charge is -2.14. The van der Waals surface area contributed by atoms with E-state index in [9.17, 15) is 18.4 Å². The number of hydrogen-bond donors (Lipinski definition) is 2. The van der Waals surface area contributed by atoms with Crippen LogP contribution in [0.4, 0.5) is 14.5 Å². The van der Waals surface area contributed by atoms with Crippen LogP contribution in [-0.4, -0.2) is 32.6 Å². The van der Waals surface area contributed by atoms with Gasteiger partial charge in [-0.3, -0.25) is 9.59 Å². The Morgan fingerprint density at radius 3 is 2.74 bits per heavy atom. The Morgan fingerprint density at radius 2 is 1.94 bits per heavy atom. The van der Waals surface area contributed by atoms with E-state index in [-0.39, 0.29) is 30.4 Å². The normalized spacial score (nSPS) is 19.9.